The van der Waals surface area contributed by atoms with Crippen LogP contribution in [0.4, 0.5) is 0 Å². The van der Waals surface area contributed by atoms with E-state index in [1.54, 1.807) is 0 Å². The zero-order chi connectivity index (χ0) is 11.5. The molecular formula is C14H11O2P. The lowest BCUT2D eigenvalue weighted by atomic mass is 10.1. The second-order valence-electron chi connectivity index (χ2n) is 3.68. The minimum Gasteiger partial charge on any atom is -0.436 e. The van der Waals surface area contributed by atoms with E-state index in [1.807, 2.05) is 60.7 Å². The van der Waals surface area contributed by atoms with Gasteiger partial charge >= 0.3 is 0 Å². The van der Waals surface area contributed by atoms with E-state index in [4.69, 9.17) is 9.05 Å². The molecule has 0 atom stereocenters. The maximum Gasteiger partial charge on any atom is 0.275 e. The predicted octanol–water partition coefficient (Wildman–Crippen LogP) is 4.07. The monoisotopic (exact) mass is 242 g/mol. The minimum atomic E-state index is 0.0463. The molecule has 3 rings (SSSR count). The van der Waals surface area contributed by atoms with Crippen LogP contribution in [-0.4, -0.2) is 0 Å². The molecule has 3 heteroatoms. The molecule has 1 aliphatic heterocycles. The molecule has 0 amide bonds. The van der Waals surface area contributed by atoms with Crippen LogP contribution < -0.4 is 0 Å². The zero-order valence-electron chi connectivity index (χ0n) is 9.09. The Balaban J connectivity index is 2.08. The van der Waals surface area contributed by atoms with Crippen LogP contribution in [0.5, 0.6) is 0 Å². The van der Waals surface area contributed by atoms with E-state index >= 15 is 0 Å². The van der Waals surface area contributed by atoms with Crippen LogP contribution in [0.1, 0.15) is 11.1 Å². The molecule has 0 aliphatic carbocycles. The molecule has 84 valence electrons. The molecule has 0 saturated carbocycles. The first-order valence-electron chi connectivity index (χ1n) is 5.39. The summed E-state index contributed by atoms with van der Waals surface area (Å²) >= 11 is 0. The molecule has 0 spiro atoms. The Morgan fingerprint density at radius 3 is 1.41 bits per heavy atom. The van der Waals surface area contributed by atoms with E-state index in [-0.39, 0.29) is 9.03 Å². The van der Waals surface area contributed by atoms with Gasteiger partial charge in [0, 0.05) is 11.1 Å². The molecule has 0 N–H and O–H groups in total. The topological polar surface area (TPSA) is 18.5 Å². The lowest BCUT2D eigenvalue weighted by Gasteiger charge is -2.03. The van der Waals surface area contributed by atoms with Gasteiger partial charge in [0.15, 0.2) is 11.5 Å². The van der Waals surface area contributed by atoms with Gasteiger partial charge in [0.05, 0.1) is 0 Å². The summed E-state index contributed by atoms with van der Waals surface area (Å²) in [5, 5.41) is 0. The summed E-state index contributed by atoms with van der Waals surface area (Å²) in [5.74, 6) is 1.66. The SMILES string of the molecule is c1ccc(C2=C(c3ccccc3)OPO2)cc1. The Kier molecular flexibility index (Phi) is 2.81. The fraction of sp³-hybridized carbons (Fsp3) is 0. The van der Waals surface area contributed by atoms with Gasteiger partial charge in [-0.3, -0.25) is 0 Å². The van der Waals surface area contributed by atoms with Crippen LogP contribution >= 0.6 is 9.03 Å². The fourth-order valence-electron chi connectivity index (χ4n) is 1.76. The van der Waals surface area contributed by atoms with E-state index in [2.05, 4.69) is 0 Å². The van der Waals surface area contributed by atoms with Gasteiger partial charge in [-0.1, -0.05) is 60.7 Å². The van der Waals surface area contributed by atoms with Crippen molar-refractivity contribution in [1.82, 2.24) is 0 Å². The Bertz CT molecular complexity index is 485. The van der Waals surface area contributed by atoms with Crippen molar-refractivity contribution in [2.45, 2.75) is 0 Å². The minimum absolute atomic E-state index is 0.0463. The number of hydrogen-bond donors (Lipinski definition) is 0. The van der Waals surface area contributed by atoms with Crippen LogP contribution in [0.3, 0.4) is 0 Å². The van der Waals surface area contributed by atoms with Crippen molar-refractivity contribution < 1.29 is 9.05 Å². The van der Waals surface area contributed by atoms with Gasteiger partial charge in [-0.2, -0.15) is 0 Å². The van der Waals surface area contributed by atoms with E-state index in [9.17, 15) is 0 Å². The van der Waals surface area contributed by atoms with Gasteiger partial charge in [-0.15, -0.1) is 0 Å². The summed E-state index contributed by atoms with van der Waals surface area (Å²) in [5.41, 5.74) is 2.10. The van der Waals surface area contributed by atoms with Crippen LogP contribution in [0, 0.1) is 0 Å². The maximum absolute atomic E-state index is 5.59. The van der Waals surface area contributed by atoms with E-state index in [1.165, 1.54) is 0 Å². The van der Waals surface area contributed by atoms with Crippen LogP contribution in [0.25, 0.3) is 11.5 Å². The Hall–Kier alpha value is -1.79. The highest BCUT2D eigenvalue weighted by atomic mass is 31.1. The van der Waals surface area contributed by atoms with Gasteiger partial charge in [-0.05, 0) is 0 Å². The van der Waals surface area contributed by atoms with Crippen LogP contribution in [-0.2, 0) is 9.05 Å². The highest BCUT2D eigenvalue weighted by Gasteiger charge is 2.21. The number of benzene rings is 2. The molecule has 0 unspecified atom stereocenters. The number of hydrogen-bond acceptors (Lipinski definition) is 2. The van der Waals surface area contributed by atoms with Gasteiger partial charge < -0.3 is 9.05 Å². The summed E-state index contributed by atoms with van der Waals surface area (Å²) in [4.78, 5) is 0. The predicted molar refractivity (Wildman–Crippen MR) is 70.2 cm³/mol. The van der Waals surface area contributed by atoms with Crippen molar-refractivity contribution >= 4 is 20.6 Å². The molecular weight excluding hydrogens is 231 g/mol. The summed E-state index contributed by atoms with van der Waals surface area (Å²) in [6, 6.07) is 20.1. The molecule has 0 bridgehead atoms. The Morgan fingerprint density at radius 2 is 1.00 bits per heavy atom. The van der Waals surface area contributed by atoms with Crippen molar-refractivity contribution in [2.24, 2.45) is 0 Å². The van der Waals surface area contributed by atoms with Gasteiger partial charge in [-0.25, -0.2) is 0 Å². The second-order valence-corrected chi connectivity index (χ2v) is 4.25. The third-order valence-electron chi connectivity index (χ3n) is 2.57. The Morgan fingerprint density at radius 1 is 0.588 bits per heavy atom. The van der Waals surface area contributed by atoms with Crippen molar-refractivity contribution in [1.29, 1.82) is 0 Å². The van der Waals surface area contributed by atoms with Crippen LogP contribution in [0.2, 0.25) is 0 Å². The molecule has 0 aromatic heterocycles. The summed E-state index contributed by atoms with van der Waals surface area (Å²) in [6.07, 6.45) is 0. The lowest BCUT2D eigenvalue weighted by molar-refractivity contribution is 0.528. The molecule has 2 aromatic rings. The summed E-state index contributed by atoms with van der Waals surface area (Å²) in [7, 11) is 0.0463. The average molecular weight is 242 g/mol. The molecule has 2 nitrogen and oxygen atoms in total. The van der Waals surface area contributed by atoms with Gasteiger partial charge in [0.25, 0.3) is 9.03 Å². The Labute approximate surface area is 102 Å². The fourth-order valence-corrected chi connectivity index (χ4v) is 2.39. The molecule has 17 heavy (non-hydrogen) atoms. The smallest absolute Gasteiger partial charge is 0.275 e. The second kappa shape index (κ2) is 4.60. The molecule has 0 saturated heterocycles. The van der Waals surface area contributed by atoms with E-state index in [0.29, 0.717) is 0 Å². The maximum atomic E-state index is 5.59. The van der Waals surface area contributed by atoms with Crippen LogP contribution in [0.15, 0.2) is 60.7 Å². The molecule has 2 aromatic carbocycles. The third kappa shape index (κ3) is 2.04. The quantitative estimate of drug-likeness (QED) is 0.739. The first-order chi connectivity index (χ1) is 8.45. The van der Waals surface area contributed by atoms with Gasteiger partial charge in [0.1, 0.15) is 0 Å². The molecule has 0 fully saturated rings. The third-order valence-corrected chi connectivity index (χ3v) is 3.14. The van der Waals surface area contributed by atoms with Crippen molar-refractivity contribution in [2.75, 3.05) is 0 Å². The highest BCUT2D eigenvalue weighted by Crippen LogP contribution is 2.43. The van der Waals surface area contributed by atoms with Crippen molar-refractivity contribution in [3.05, 3.63) is 71.8 Å². The summed E-state index contributed by atoms with van der Waals surface area (Å²) < 4.78 is 11.2. The standard InChI is InChI=1S/C14H11O2P/c1-3-7-11(8-4-1)13-14(16-17-15-13)12-9-5-2-6-10-12/h1-10,17H. The summed E-state index contributed by atoms with van der Waals surface area (Å²) in [6.45, 7) is 0. The normalized spacial score (nSPS) is 14.4. The van der Waals surface area contributed by atoms with E-state index < -0.39 is 0 Å². The van der Waals surface area contributed by atoms with Crippen molar-refractivity contribution in [3.63, 3.8) is 0 Å². The molecule has 1 heterocycles. The van der Waals surface area contributed by atoms with Gasteiger partial charge in [0.2, 0.25) is 0 Å². The highest BCUT2D eigenvalue weighted by molar-refractivity contribution is 7.27. The number of rotatable bonds is 2. The average Bonchev–Trinajstić information content (AvgIpc) is 2.90. The first kappa shape index (κ1) is 10.4. The van der Waals surface area contributed by atoms with E-state index in [0.717, 1.165) is 22.6 Å². The zero-order valence-corrected chi connectivity index (χ0v) is 10.1. The first-order valence-corrected chi connectivity index (χ1v) is 6.20. The molecule has 0 radical (unpaired) electrons. The molecule has 1 aliphatic rings. The largest absolute Gasteiger partial charge is 0.436 e. The van der Waals surface area contributed by atoms with Crippen molar-refractivity contribution in [3.8, 4) is 0 Å². The lowest BCUT2D eigenvalue weighted by Crippen LogP contribution is -1.87.